The summed E-state index contributed by atoms with van der Waals surface area (Å²) in [6, 6.07) is 14.2. The molecule has 0 atom stereocenters. The lowest BCUT2D eigenvalue weighted by atomic mass is 10.0. The highest BCUT2D eigenvalue weighted by molar-refractivity contribution is 14.1. The summed E-state index contributed by atoms with van der Waals surface area (Å²) in [5.41, 5.74) is 3.73. The molecule has 1 heterocycles. The minimum Gasteiger partial charge on any atom is -0.481 e. The van der Waals surface area contributed by atoms with Gasteiger partial charge in [-0.1, -0.05) is 12.1 Å². The Labute approximate surface area is 146 Å². The number of fused-ring (bicyclic) bond motifs is 1. The number of carboxylic acid groups (broad SMARTS) is 1. The van der Waals surface area contributed by atoms with Crippen molar-refractivity contribution < 1.29 is 9.90 Å². The first kappa shape index (κ1) is 15.4. The van der Waals surface area contributed by atoms with Crippen molar-refractivity contribution in [2.45, 2.75) is 11.3 Å². The number of carboxylic acids is 1. The number of benzene rings is 2. The van der Waals surface area contributed by atoms with E-state index in [1.54, 1.807) is 11.8 Å². The standard InChI is InChI=1S/C17H14INO2S/c1-22-12-5-2-10(3-6-12)17-14(9-16(20)21)13-8-11(18)4-7-15(13)19-17/h2-8,19H,9H2,1H3,(H,20,21). The molecule has 0 aliphatic rings. The number of aromatic amines is 1. The Hall–Kier alpha value is -1.47. The van der Waals surface area contributed by atoms with E-state index >= 15 is 0 Å². The van der Waals surface area contributed by atoms with E-state index in [0.29, 0.717) is 0 Å². The van der Waals surface area contributed by atoms with E-state index in [-0.39, 0.29) is 6.42 Å². The first-order valence-electron chi connectivity index (χ1n) is 6.75. The van der Waals surface area contributed by atoms with Gasteiger partial charge < -0.3 is 10.1 Å². The molecule has 0 amide bonds. The van der Waals surface area contributed by atoms with Crippen molar-refractivity contribution in [2.75, 3.05) is 6.26 Å². The molecule has 3 rings (SSSR count). The zero-order valence-corrected chi connectivity index (χ0v) is 14.9. The fourth-order valence-corrected chi connectivity index (χ4v) is 3.46. The van der Waals surface area contributed by atoms with Gasteiger partial charge in [-0.3, -0.25) is 4.79 Å². The number of carbonyl (C=O) groups is 1. The molecule has 0 aliphatic heterocycles. The van der Waals surface area contributed by atoms with Crippen LogP contribution in [0.25, 0.3) is 22.2 Å². The minimum absolute atomic E-state index is 0.0136. The molecule has 22 heavy (non-hydrogen) atoms. The van der Waals surface area contributed by atoms with Crippen molar-refractivity contribution >= 4 is 51.2 Å². The topological polar surface area (TPSA) is 53.1 Å². The van der Waals surface area contributed by atoms with Gasteiger partial charge in [0, 0.05) is 19.4 Å². The largest absolute Gasteiger partial charge is 0.481 e. The number of hydrogen-bond acceptors (Lipinski definition) is 2. The average Bonchev–Trinajstić information content (AvgIpc) is 2.85. The van der Waals surface area contributed by atoms with E-state index < -0.39 is 5.97 Å². The van der Waals surface area contributed by atoms with Gasteiger partial charge in [0.15, 0.2) is 0 Å². The average molecular weight is 423 g/mol. The van der Waals surface area contributed by atoms with E-state index in [1.165, 1.54) is 4.90 Å². The highest BCUT2D eigenvalue weighted by atomic mass is 127. The second-order valence-corrected chi connectivity index (χ2v) is 7.09. The fraction of sp³-hybridized carbons (Fsp3) is 0.118. The number of aromatic nitrogens is 1. The van der Waals surface area contributed by atoms with Crippen molar-refractivity contribution in [3.05, 3.63) is 51.6 Å². The van der Waals surface area contributed by atoms with E-state index in [1.807, 2.05) is 36.6 Å². The molecule has 0 saturated heterocycles. The third-order valence-corrected chi connectivity index (χ3v) is 4.99. The van der Waals surface area contributed by atoms with Crippen LogP contribution in [-0.4, -0.2) is 22.3 Å². The summed E-state index contributed by atoms with van der Waals surface area (Å²) in [5, 5.41) is 10.2. The van der Waals surface area contributed by atoms with Gasteiger partial charge in [-0.2, -0.15) is 0 Å². The maximum absolute atomic E-state index is 11.3. The first-order valence-corrected chi connectivity index (χ1v) is 9.05. The van der Waals surface area contributed by atoms with E-state index in [4.69, 9.17) is 0 Å². The minimum atomic E-state index is -0.818. The molecule has 0 bridgehead atoms. The third-order valence-electron chi connectivity index (χ3n) is 3.57. The van der Waals surface area contributed by atoms with Crippen LogP contribution < -0.4 is 0 Å². The second-order valence-electron chi connectivity index (χ2n) is 4.97. The zero-order valence-electron chi connectivity index (χ0n) is 11.9. The molecule has 2 N–H and O–H groups in total. The molecule has 0 unspecified atom stereocenters. The van der Waals surface area contributed by atoms with Crippen LogP contribution in [0.5, 0.6) is 0 Å². The summed E-state index contributed by atoms with van der Waals surface area (Å²) in [4.78, 5) is 15.8. The van der Waals surface area contributed by atoms with Crippen LogP contribution in [0.15, 0.2) is 47.4 Å². The Morgan fingerprint density at radius 3 is 2.59 bits per heavy atom. The van der Waals surface area contributed by atoms with Gasteiger partial charge >= 0.3 is 5.97 Å². The van der Waals surface area contributed by atoms with Crippen molar-refractivity contribution in [3.8, 4) is 11.3 Å². The Morgan fingerprint density at radius 2 is 1.95 bits per heavy atom. The van der Waals surface area contributed by atoms with Gasteiger partial charge in [-0.25, -0.2) is 0 Å². The summed E-state index contributed by atoms with van der Waals surface area (Å²) in [5.74, 6) is -0.818. The zero-order chi connectivity index (χ0) is 15.7. The quantitative estimate of drug-likeness (QED) is 0.469. The van der Waals surface area contributed by atoms with Gasteiger partial charge in [-0.15, -0.1) is 11.8 Å². The summed E-state index contributed by atoms with van der Waals surface area (Å²) in [6.07, 6.45) is 2.05. The lowest BCUT2D eigenvalue weighted by Crippen LogP contribution is -2.01. The maximum atomic E-state index is 11.3. The summed E-state index contributed by atoms with van der Waals surface area (Å²) < 4.78 is 1.10. The lowest BCUT2D eigenvalue weighted by molar-refractivity contribution is -0.136. The first-order chi connectivity index (χ1) is 10.6. The summed E-state index contributed by atoms with van der Waals surface area (Å²) in [7, 11) is 0. The van der Waals surface area contributed by atoms with Gasteiger partial charge in [0.05, 0.1) is 12.1 Å². The number of H-pyrrole nitrogens is 1. The van der Waals surface area contributed by atoms with Crippen molar-refractivity contribution in [3.63, 3.8) is 0 Å². The molecule has 0 fully saturated rings. The number of hydrogen-bond donors (Lipinski definition) is 2. The molecule has 3 nitrogen and oxygen atoms in total. The number of rotatable bonds is 4. The van der Waals surface area contributed by atoms with Gasteiger partial charge in [0.25, 0.3) is 0 Å². The predicted molar refractivity (Wildman–Crippen MR) is 99.6 cm³/mol. The smallest absolute Gasteiger partial charge is 0.307 e. The van der Waals surface area contributed by atoms with E-state index in [0.717, 1.165) is 31.3 Å². The monoisotopic (exact) mass is 423 g/mol. The number of thioether (sulfide) groups is 1. The van der Waals surface area contributed by atoms with Crippen molar-refractivity contribution in [1.82, 2.24) is 4.98 Å². The van der Waals surface area contributed by atoms with Crippen LogP contribution >= 0.6 is 34.4 Å². The van der Waals surface area contributed by atoms with Crippen molar-refractivity contribution in [2.24, 2.45) is 0 Å². The molecule has 5 heteroatoms. The predicted octanol–water partition coefficient (Wildman–Crippen LogP) is 4.79. The fourth-order valence-electron chi connectivity index (χ4n) is 2.56. The van der Waals surface area contributed by atoms with Crippen molar-refractivity contribution in [1.29, 1.82) is 0 Å². The Bertz CT molecular complexity index is 840. The van der Waals surface area contributed by atoms with Gasteiger partial charge in [-0.05, 0) is 70.3 Å². The third kappa shape index (κ3) is 3.01. The lowest BCUT2D eigenvalue weighted by Gasteiger charge is -2.04. The normalized spacial score (nSPS) is 11.0. The molecule has 0 saturated carbocycles. The highest BCUT2D eigenvalue weighted by Gasteiger charge is 2.16. The highest BCUT2D eigenvalue weighted by Crippen LogP contribution is 2.32. The van der Waals surface area contributed by atoms with Gasteiger partial charge in [0.1, 0.15) is 0 Å². The van der Waals surface area contributed by atoms with Crippen LogP contribution in [0.3, 0.4) is 0 Å². The Kier molecular flexibility index (Phi) is 4.44. The Morgan fingerprint density at radius 1 is 1.23 bits per heavy atom. The molecule has 0 radical (unpaired) electrons. The van der Waals surface area contributed by atoms with E-state index in [9.17, 15) is 9.90 Å². The van der Waals surface area contributed by atoms with E-state index in [2.05, 4.69) is 39.7 Å². The molecule has 2 aromatic carbocycles. The Balaban J connectivity index is 2.20. The molecule has 1 aromatic heterocycles. The van der Waals surface area contributed by atoms with Crippen LogP contribution in [-0.2, 0) is 11.2 Å². The molecular weight excluding hydrogens is 409 g/mol. The molecule has 112 valence electrons. The molecule has 3 aromatic rings. The summed E-state index contributed by atoms with van der Waals surface area (Å²) >= 11 is 3.94. The molecule has 0 aliphatic carbocycles. The maximum Gasteiger partial charge on any atom is 0.307 e. The number of halogens is 1. The van der Waals surface area contributed by atoms with Gasteiger partial charge in [0.2, 0.25) is 0 Å². The van der Waals surface area contributed by atoms with Crippen LogP contribution in [0.1, 0.15) is 5.56 Å². The SMILES string of the molecule is CSc1ccc(-c2[nH]c3ccc(I)cc3c2CC(=O)O)cc1. The van der Waals surface area contributed by atoms with Crippen LogP contribution in [0, 0.1) is 3.57 Å². The van der Waals surface area contributed by atoms with Crippen LogP contribution in [0.4, 0.5) is 0 Å². The molecule has 0 spiro atoms. The molecular formula is C17H14INO2S. The van der Waals surface area contributed by atoms with Crippen LogP contribution in [0.2, 0.25) is 0 Å². The number of nitrogens with one attached hydrogen (secondary N) is 1. The second kappa shape index (κ2) is 6.34. The number of aliphatic carboxylic acids is 1. The summed E-state index contributed by atoms with van der Waals surface area (Å²) in [6.45, 7) is 0.